The van der Waals surface area contributed by atoms with E-state index in [0.29, 0.717) is 25.7 Å². The van der Waals surface area contributed by atoms with Crippen LogP contribution in [0.5, 0.6) is 0 Å². The molecule has 7 heteroatoms. The average Bonchev–Trinajstić information content (AvgIpc) is 3.11. The molecule has 1 unspecified atom stereocenters. The molecule has 0 radical (unpaired) electrons. The molecule has 0 aliphatic carbocycles. The summed E-state index contributed by atoms with van der Waals surface area (Å²) in [5, 5.41) is 6.66. The highest BCUT2D eigenvalue weighted by Gasteiger charge is 2.06. The molecule has 2 heterocycles. The van der Waals surface area contributed by atoms with Gasteiger partial charge in [-0.25, -0.2) is 4.98 Å². The number of aromatic nitrogens is 2. The molecule has 0 spiro atoms. The summed E-state index contributed by atoms with van der Waals surface area (Å²) >= 11 is 3.48. The van der Waals surface area contributed by atoms with Crippen molar-refractivity contribution in [3.05, 3.63) is 70.6 Å². The second kappa shape index (κ2) is 10.2. The Hall–Kier alpha value is -2.38. The second-order valence-electron chi connectivity index (χ2n) is 6.76. The molecule has 0 saturated heterocycles. The maximum Gasteiger partial charge on any atom is 0.191 e. The van der Waals surface area contributed by atoms with E-state index in [9.17, 15) is 0 Å². The number of guanidine groups is 1. The van der Waals surface area contributed by atoms with E-state index in [2.05, 4.69) is 55.6 Å². The summed E-state index contributed by atoms with van der Waals surface area (Å²) in [7, 11) is 1.77. The fourth-order valence-corrected chi connectivity index (χ4v) is 3.13. The van der Waals surface area contributed by atoms with Crippen molar-refractivity contribution in [3.63, 3.8) is 0 Å². The Morgan fingerprint density at radius 3 is 2.79 bits per heavy atom. The fourth-order valence-electron chi connectivity index (χ4n) is 2.78. The Bertz CT molecular complexity index is 910. The number of aliphatic imine (C=N–C) groups is 1. The predicted molar refractivity (Wildman–Crippen MR) is 116 cm³/mol. The summed E-state index contributed by atoms with van der Waals surface area (Å²) in [6, 6.07) is 14.2. The molecule has 3 rings (SSSR count). The Morgan fingerprint density at radius 2 is 2.00 bits per heavy atom. The number of benzene rings is 1. The van der Waals surface area contributed by atoms with E-state index in [4.69, 9.17) is 4.74 Å². The minimum atomic E-state index is 0.370. The Kier molecular flexibility index (Phi) is 7.45. The molecule has 6 nitrogen and oxygen atoms in total. The first-order chi connectivity index (χ1) is 13.6. The smallest absolute Gasteiger partial charge is 0.191 e. The van der Waals surface area contributed by atoms with Gasteiger partial charge in [0.15, 0.2) is 5.96 Å². The topological polar surface area (TPSA) is 63.0 Å². The normalized spacial score (nSPS) is 12.9. The Labute approximate surface area is 174 Å². The van der Waals surface area contributed by atoms with Crippen molar-refractivity contribution in [3.8, 4) is 0 Å². The molecular weight excluding hydrogens is 418 g/mol. The largest absolute Gasteiger partial charge is 0.376 e. The van der Waals surface area contributed by atoms with Crippen molar-refractivity contribution in [2.75, 3.05) is 20.2 Å². The maximum atomic E-state index is 5.80. The first-order valence-electron chi connectivity index (χ1n) is 9.33. The van der Waals surface area contributed by atoms with Gasteiger partial charge in [-0.2, -0.15) is 0 Å². The van der Waals surface area contributed by atoms with Gasteiger partial charge in [0.25, 0.3) is 0 Å². The van der Waals surface area contributed by atoms with Crippen LogP contribution in [0.15, 0.2) is 64.3 Å². The van der Waals surface area contributed by atoms with Crippen molar-refractivity contribution in [1.82, 2.24) is 20.0 Å². The van der Waals surface area contributed by atoms with Crippen molar-refractivity contribution < 1.29 is 4.74 Å². The lowest BCUT2D eigenvalue weighted by Gasteiger charge is -2.16. The number of hydrogen-bond donors (Lipinski definition) is 2. The van der Waals surface area contributed by atoms with Crippen LogP contribution in [0.2, 0.25) is 0 Å². The highest BCUT2D eigenvalue weighted by Crippen LogP contribution is 2.12. The molecule has 0 aliphatic rings. The summed E-state index contributed by atoms with van der Waals surface area (Å²) in [4.78, 5) is 8.88. The van der Waals surface area contributed by atoms with Gasteiger partial charge in [-0.15, -0.1) is 0 Å². The minimum absolute atomic E-state index is 0.370. The van der Waals surface area contributed by atoms with Gasteiger partial charge in [0.05, 0.1) is 25.5 Å². The zero-order valence-electron chi connectivity index (χ0n) is 16.2. The number of halogens is 1. The van der Waals surface area contributed by atoms with E-state index in [1.165, 1.54) is 5.56 Å². The zero-order chi connectivity index (χ0) is 19.8. The highest BCUT2D eigenvalue weighted by molar-refractivity contribution is 9.10. The van der Waals surface area contributed by atoms with Gasteiger partial charge in [0.1, 0.15) is 5.65 Å². The van der Waals surface area contributed by atoms with E-state index in [1.807, 2.05) is 47.1 Å². The van der Waals surface area contributed by atoms with Crippen molar-refractivity contribution in [2.24, 2.45) is 10.9 Å². The molecule has 3 aromatic rings. The van der Waals surface area contributed by atoms with Gasteiger partial charge >= 0.3 is 0 Å². The van der Waals surface area contributed by atoms with E-state index >= 15 is 0 Å². The van der Waals surface area contributed by atoms with Gasteiger partial charge in [0, 0.05) is 30.5 Å². The standard InChI is InChI=1S/C21H26BrN5O/c1-16(14-28-15-17-6-4-3-5-7-17)10-24-21(23-2)25-11-19-13-27-12-18(22)8-9-20(27)26-19/h3-9,12-13,16H,10-11,14-15H2,1-2H3,(H2,23,24,25). The lowest BCUT2D eigenvalue weighted by atomic mass is 10.2. The first kappa shape index (κ1) is 20.4. The molecule has 0 aliphatic heterocycles. The molecule has 0 bridgehead atoms. The lowest BCUT2D eigenvalue weighted by molar-refractivity contribution is 0.0931. The number of pyridine rings is 1. The van der Waals surface area contributed by atoms with Crippen LogP contribution in [0, 0.1) is 5.92 Å². The molecule has 148 valence electrons. The number of ether oxygens (including phenoxy) is 1. The van der Waals surface area contributed by atoms with E-state index < -0.39 is 0 Å². The third-order valence-electron chi connectivity index (χ3n) is 4.26. The quantitative estimate of drug-likeness (QED) is 0.412. The van der Waals surface area contributed by atoms with Gasteiger partial charge in [-0.1, -0.05) is 37.3 Å². The molecule has 2 aromatic heterocycles. The summed E-state index contributed by atoms with van der Waals surface area (Å²) in [6.45, 7) is 4.89. The van der Waals surface area contributed by atoms with Crippen molar-refractivity contribution in [1.29, 1.82) is 0 Å². The van der Waals surface area contributed by atoms with E-state index in [-0.39, 0.29) is 0 Å². The highest BCUT2D eigenvalue weighted by atomic mass is 79.9. The molecule has 0 saturated carbocycles. The van der Waals surface area contributed by atoms with Crippen LogP contribution in [-0.2, 0) is 17.9 Å². The number of nitrogens with one attached hydrogen (secondary N) is 2. The molecule has 2 N–H and O–H groups in total. The monoisotopic (exact) mass is 443 g/mol. The number of hydrogen-bond acceptors (Lipinski definition) is 3. The Morgan fingerprint density at radius 1 is 1.18 bits per heavy atom. The van der Waals surface area contributed by atoms with Crippen LogP contribution in [0.4, 0.5) is 0 Å². The lowest BCUT2D eigenvalue weighted by Crippen LogP contribution is -2.39. The van der Waals surface area contributed by atoms with E-state index in [0.717, 1.165) is 28.3 Å². The first-order valence-corrected chi connectivity index (χ1v) is 10.1. The molecular formula is C21H26BrN5O. The van der Waals surface area contributed by atoms with Crippen molar-refractivity contribution >= 4 is 27.5 Å². The third-order valence-corrected chi connectivity index (χ3v) is 4.73. The second-order valence-corrected chi connectivity index (χ2v) is 7.67. The molecule has 1 atom stereocenters. The fraction of sp³-hybridized carbons (Fsp3) is 0.333. The summed E-state index contributed by atoms with van der Waals surface area (Å²) in [5.41, 5.74) is 3.08. The number of rotatable bonds is 8. The van der Waals surface area contributed by atoms with E-state index in [1.54, 1.807) is 7.05 Å². The Balaban J connectivity index is 1.40. The summed E-state index contributed by atoms with van der Waals surface area (Å²) in [6.07, 6.45) is 4.01. The van der Waals surface area contributed by atoms with Crippen LogP contribution in [0.1, 0.15) is 18.2 Å². The zero-order valence-corrected chi connectivity index (χ0v) is 17.8. The van der Waals surface area contributed by atoms with Gasteiger partial charge in [0.2, 0.25) is 0 Å². The summed E-state index contributed by atoms with van der Waals surface area (Å²) in [5.74, 6) is 1.13. The van der Waals surface area contributed by atoms with Gasteiger partial charge < -0.3 is 19.8 Å². The molecule has 0 fully saturated rings. The molecule has 0 amide bonds. The number of imidazole rings is 1. The number of fused-ring (bicyclic) bond motifs is 1. The van der Waals surface area contributed by atoms with Crippen LogP contribution < -0.4 is 10.6 Å². The SMILES string of the molecule is CN=C(NCc1cn2cc(Br)ccc2n1)NCC(C)COCc1ccccc1. The summed E-state index contributed by atoms with van der Waals surface area (Å²) < 4.78 is 8.83. The van der Waals surface area contributed by atoms with Crippen molar-refractivity contribution in [2.45, 2.75) is 20.1 Å². The van der Waals surface area contributed by atoms with Gasteiger partial charge in [-0.3, -0.25) is 4.99 Å². The van der Waals surface area contributed by atoms with Crippen LogP contribution in [-0.4, -0.2) is 35.5 Å². The average molecular weight is 444 g/mol. The maximum absolute atomic E-state index is 5.80. The minimum Gasteiger partial charge on any atom is -0.376 e. The van der Waals surface area contributed by atoms with Crippen LogP contribution >= 0.6 is 15.9 Å². The van der Waals surface area contributed by atoms with Crippen LogP contribution in [0.25, 0.3) is 5.65 Å². The predicted octanol–water partition coefficient (Wildman–Crippen LogP) is 3.61. The van der Waals surface area contributed by atoms with Gasteiger partial charge in [-0.05, 0) is 39.5 Å². The molecule has 1 aromatic carbocycles. The third kappa shape index (κ3) is 6.07. The number of nitrogens with zero attached hydrogens (tertiary/aromatic N) is 3. The molecule has 28 heavy (non-hydrogen) atoms. The van der Waals surface area contributed by atoms with Crippen LogP contribution in [0.3, 0.4) is 0 Å².